The van der Waals surface area contributed by atoms with E-state index in [2.05, 4.69) is 0 Å². The molecule has 0 bridgehead atoms. The van der Waals surface area contributed by atoms with Crippen molar-refractivity contribution in [2.75, 3.05) is 11.9 Å². The molecule has 0 aromatic heterocycles. The molecule has 0 fully saturated rings. The Bertz CT molecular complexity index is 471. The lowest BCUT2D eigenvalue weighted by Crippen LogP contribution is -2.28. The molecular formula is C13H16F3NO2. The molecule has 0 heterocycles. The van der Waals surface area contributed by atoms with Crippen LogP contribution in [0.4, 0.5) is 18.9 Å². The zero-order valence-electron chi connectivity index (χ0n) is 11.0. The fourth-order valence-corrected chi connectivity index (χ4v) is 1.70. The van der Waals surface area contributed by atoms with Crippen molar-refractivity contribution < 1.29 is 23.1 Å². The predicted molar refractivity (Wildman–Crippen MR) is 66.6 cm³/mol. The Balaban J connectivity index is 3.30. The second-order valence-electron chi connectivity index (χ2n) is 4.40. The summed E-state index contributed by atoms with van der Waals surface area (Å²) in [5.41, 5.74) is -1.49. The number of alkyl halides is 3. The zero-order chi connectivity index (χ0) is 14.8. The van der Waals surface area contributed by atoms with Gasteiger partial charge in [0.05, 0.1) is 11.1 Å². The average molecular weight is 275 g/mol. The minimum atomic E-state index is -4.68. The quantitative estimate of drug-likeness (QED) is 0.912. The fourth-order valence-electron chi connectivity index (χ4n) is 1.70. The van der Waals surface area contributed by atoms with Crippen LogP contribution >= 0.6 is 0 Å². The van der Waals surface area contributed by atoms with Crippen molar-refractivity contribution in [3.05, 3.63) is 29.3 Å². The van der Waals surface area contributed by atoms with Crippen LogP contribution in [0.2, 0.25) is 0 Å². The Morgan fingerprint density at radius 2 is 2.00 bits per heavy atom. The number of carboxylic acids is 1. The van der Waals surface area contributed by atoms with Crippen molar-refractivity contribution in [2.45, 2.75) is 32.5 Å². The van der Waals surface area contributed by atoms with E-state index >= 15 is 0 Å². The molecule has 0 saturated heterocycles. The van der Waals surface area contributed by atoms with Crippen LogP contribution in [0.15, 0.2) is 18.2 Å². The van der Waals surface area contributed by atoms with Gasteiger partial charge in [0.2, 0.25) is 0 Å². The van der Waals surface area contributed by atoms with Crippen molar-refractivity contribution in [3.8, 4) is 0 Å². The van der Waals surface area contributed by atoms with Crippen LogP contribution in [0.3, 0.4) is 0 Å². The van der Waals surface area contributed by atoms with Gasteiger partial charge in [-0.25, -0.2) is 4.79 Å². The van der Waals surface area contributed by atoms with Crippen molar-refractivity contribution >= 4 is 11.7 Å². The normalized spacial score (nSPS) is 13.2. The smallest absolute Gasteiger partial charge is 0.417 e. The fraction of sp³-hybridized carbons (Fsp3) is 0.462. The molecule has 0 aliphatic heterocycles. The summed E-state index contributed by atoms with van der Waals surface area (Å²) in [6, 6.07) is 3.34. The number of halogens is 3. The number of aromatic carboxylic acids is 1. The molecule has 1 unspecified atom stereocenters. The summed E-state index contributed by atoms with van der Waals surface area (Å²) < 4.78 is 38.6. The van der Waals surface area contributed by atoms with Crippen LogP contribution in [0.5, 0.6) is 0 Å². The van der Waals surface area contributed by atoms with Gasteiger partial charge < -0.3 is 10.0 Å². The highest BCUT2D eigenvalue weighted by Crippen LogP contribution is 2.35. The molecule has 1 rings (SSSR count). The van der Waals surface area contributed by atoms with Crippen LogP contribution < -0.4 is 4.90 Å². The first kappa shape index (κ1) is 15.3. The van der Waals surface area contributed by atoms with Gasteiger partial charge in [-0.3, -0.25) is 0 Å². The van der Waals surface area contributed by atoms with Crippen molar-refractivity contribution in [3.63, 3.8) is 0 Å². The van der Waals surface area contributed by atoms with Gasteiger partial charge in [0.15, 0.2) is 0 Å². The second kappa shape index (κ2) is 5.50. The molecule has 3 nitrogen and oxygen atoms in total. The topological polar surface area (TPSA) is 40.5 Å². The summed E-state index contributed by atoms with van der Waals surface area (Å²) in [6.07, 6.45) is -3.90. The molecule has 1 N–H and O–H groups in total. The number of benzene rings is 1. The SMILES string of the molecule is CCC(C)N(C)c1ccc(C(=O)O)c(C(F)(F)F)c1. The molecule has 0 aliphatic carbocycles. The predicted octanol–water partition coefficient (Wildman–Crippen LogP) is 3.64. The third-order valence-electron chi connectivity index (χ3n) is 3.20. The first-order valence-corrected chi connectivity index (χ1v) is 5.85. The van der Waals surface area contributed by atoms with E-state index < -0.39 is 23.3 Å². The maximum Gasteiger partial charge on any atom is 0.417 e. The minimum absolute atomic E-state index is 0.0664. The summed E-state index contributed by atoms with van der Waals surface area (Å²) in [5, 5.41) is 8.80. The summed E-state index contributed by atoms with van der Waals surface area (Å²) in [6.45, 7) is 3.82. The number of carbonyl (C=O) groups is 1. The molecule has 1 aromatic carbocycles. The highest BCUT2D eigenvalue weighted by atomic mass is 19.4. The number of hydrogen-bond acceptors (Lipinski definition) is 2. The second-order valence-corrected chi connectivity index (χ2v) is 4.40. The van der Waals surface area contributed by atoms with Gasteiger partial charge in [0.25, 0.3) is 0 Å². The Morgan fingerprint density at radius 3 is 2.42 bits per heavy atom. The molecular weight excluding hydrogens is 259 g/mol. The highest BCUT2D eigenvalue weighted by molar-refractivity contribution is 5.90. The van der Waals surface area contributed by atoms with E-state index in [9.17, 15) is 18.0 Å². The number of nitrogens with zero attached hydrogens (tertiary/aromatic N) is 1. The van der Waals surface area contributed by atoms with Crippen LogP contribution in [0, 0.1) is 0 Å². The maximum atomic E-state index is 12.9. The number of carboxylic acid groups (broad SMARTS) is 1. The van der Waals surface area contributed by atoms with Gasteiger partial charge >= 0.3 is 12.1 Å². The summed E-state index contributed by atoms with van der Waals surface area (Å²) in [4.78, 5) is 12.5. The zero-order valence-corrected chi connectivity index (χ0v) is 11.0. The van der Waals surface area contributed by atoms with E-state index in [4.69, 9.17) is 5.11 Å². The lowest BCUT2D eigenvalue weighted by atomic mass is 10.0. The lowest BCUT2D eigenvalue weighted by molar-refractivity contribution is -0.138. The highest BCUT2D eigenvalue weighted by Gasteiger charge is 2.35. The Labute approximate surface area is 109 Å². The Kier molecular flexibility index (Phi) is 4.44. The Morgan fingerprint density at radius 1 is 1.42 bits per heavy atom. The van der Waals surface area contributed by atoms with Gasteiger partial charge in [-0.2, -0.15) is 13.2 Å². The molecule has 106 valence electrons. The molecule has 0 saturated carbocycles. The van der Waals surface area contributed by atoms with E-state index in [-0.39, 0.29) is 6.04 Å². The maximum absolute atomic E-state index is 12.9. The number of hydrogen-bond donors (Lipinski definition) is 1. The first-order valence-electron chi connectivity index (χ1n) is 5.85. The molecule has 19 heavy (non-hydrogen) atoms. The third kappa shape index (κ3) is 3.39. The molecule has 1 aromatic rings. The van der Waals surface area contributed by atoms with E-state index in [0.717, 1.165) is 18.6 Å². The van der Waals surface area contributed by atoms with E-state index in [1.165, 1.54) is 6.07 Å². The average Bonchev–Trinajstić information content (AvgIpc) is 2.35. The first-order chi connectivity index (χ1) is 8.68. The van der Waals surface area contributed by atoms with Crippen molar-refractivity contribution in [2.24, 2.45) is 0 Å². The van der Waals surface area contributed by atoms with Crippen LogP contribution in [-0.4, -0.2) is 24.2 Å². The molecule has 6 heteroatoms. The molecule has 0 aliphatic rings. The van der Waals surface area contributed by atoms with E-state index in [0.29, 0.717) is 5.69 Å². The standard InChI is InChI=1S/C13H16F3NO2/c1-4-8(2)17(3)9-5-6-10(12(18)19)11(7-9)13(14,15)16/h5-8H,4H2,1-3H3,(H,18,19). The van der Waals surface area contributed by atoms with Gasteiger partial charge in [-0.15, -0.1) is 0 Å². The van der Waals surface area contributed by atoms with Gasteiger partial charge in [0, 0.05) is 18.8 Å². The van der Waals surface area contributed by atoms with Gasteiger partial charge in [-0.05, 0) is 31.5 Å². The minimum Gasteiger partial charge on any atom is -0.478 e. The molecule has 0 spiro atoms. The summed E-state index contributed by atoms with van der Waals surface area (Å²) in [5.74, 6) is -1.58. The number of anilines is 1. The van der Waals surface area contributed by atoms with Crippen molar-refractivity contribution in [1.82, 2.24) is 0 Å². The molecule has 0 amide bonds. The van der Waals surface area contributed by atoms with Crippen molar-refractivity contribution in [1.29, 1.82) is 0 Å². The Hall–Kier alpha value is -1.72. The summed E-state index contributed by atoms with van der Waals surface area (Å²) in [7, 11) is 1.68. The lowest BCUT2D eigenvalue weighted by Gasteiger charge is -2.27. The van der Waals surface area contributed by atoms with Crippen LogP contribution in [0.25, 0.3) is 0 Å². The van der Waals surface area contributed by atoms with E-state index in [1.807, 2.05) is 13.8 Å². The molecule has 1 atom stereocenters. The molecule has 0 radical (unpaired) electrons. The van der Waals surface area contributed by atoms with Gasteiger partial charge in [-0.1, -0.05) is 6.92 Å². The summed E-state index contributed by atoms with van der Waals surface area (Å²) >= 11 is 0. The third-order valence-corrected chi connectivity index (χ3v) is 3.20. The van der Waals surface area contributed by atoms with E-state index in [1.54, 1.807) is 11.9 Å². The van der Waals surface area contributed by atoms with Crippen LogP contribution in [-0.2, 0) is 6.18 Å². The van der Waals surface area contributed by atoms with Crippen LogP contribution in [0.1, 0.15) is 36.2 Å². The monoisotopic (exact) mass is 275 g/mol. The number of rotatable bonds is 4. The van der Waals surface area contributed by atoms with Gasteiger partial charge in [0.1, 0.15) is 0 Å². The largest absolute Gasteiger partial charge is 0.478 e.